The number of nitrogens with zero attached hydrogens (tertiary/aromatic N) is 1. The SMILES string of the molecule is CN(CC1CC1)C(=O)c1ccc(/C=C/C(=O)O)s1. The van der Waals surface area contributed by atoms with Gasteiger partial charge in [0.15, 0.2) is 0 Å². The van der Waals surface area contributed by atoms with Crippen molar-refractivity contribution in [1.29, 1.82) is 0 Å². The van der Waals surface area contributed by atoms with E-state index < -0.39 is 5.97 Å². The second-order valence-electron chi connectivity index (χ2n) is 4.50. The molecule has 0 aromatic carbocycles. The van der Waals surface area contributed by atoms with Gasteiger partial charge < -0.3 is 10.0 Å². The molecule has 96 valence electrons. The van der Waals surface area contributed by atoms with Crippen molar-refractivity contribution in [3.63, 3.8) is 0 Å². The molecule has 0 aliphatic heterocycles. The minimum absolute atomic E-state index is 0.0156. The summed E-state index contributed by atoms with van der Waals surface area (Å²) < 4.78 is 0. The van der Waals surface area contributed by atoms with Gasteiger partial charge >= 0.3 is 5.97 Å². The summed E-state index contributed by atoms with van der Waals surface area (Å²) in [5.74, 6) is -0.297. The van der Waals surface area contributed by atoms with Gasteiger partial charge in [-0.1, -0.05) is 0 Å². The number of carboxylic acid groups (broad SMARTS) is 1. The molecule has 1 heterocycles. The number of amides is 1. The summed E-state index contributed by atoms with van der Waals surface area (Å²) >= 11 is 1.32. The van der Waals surface area contributed by atoms with E-state index in [9.17, 15) is 9.59 Å². The summed E-state index contributed by atoms with van der Waals surface area (Å²) in [6, 6.07) is 3.51. The van der Waals surface area contributed by atoms with Gasteiger partial charge in [-0.15, -0.1) is 11.3 Å². The standard InChI is InChI=1S/C13H15NO3S/c1-14(8-9-2-3-9)13(17)11-6-4-10(18-11)5-7-12(15)16/h4-7,9H,2-3,8H2,1H3,(H,15,16)/b7-5+. The van der Waals surface area contributed by atoms with Crippen LogP contribution in [0.2, 0.25) is 0 Å². The number of aliphatic carboxylic acids is 1. The molecule has 1 amide bonds. The van der Waals surface area contributed by atoms with Crippen molar-refractivity contribution in [1.82, 2.24) is 4.90 Å². The van der Waals surface area contributed by atoms with Crippen LogP contribution in [0.15, 0.2) is 18.2 Å². The molecule has 4 nitrogen and oxygen atoms in total. The Morgan fingerprint density at radius 3 is 2.83 bits per heavy atom. The molecule has 0 saturated heterocycles. The van der Waals surface area contributed by atoms with Crippen LogP contribution in [-0.2, 0) is 4.79 Å². The topological polar surface area (TPSA) is 57.6 Å². The number of carboxylic acids is 1. The van der Waals surface area contributed by atoms with Crippen molar-refractivity contribution in [3.05, 3.63) is 28.0 Å². The Morgan fingerprint density at radius 1 is 1.50 bits per heavy atom. The molecule has 2 rings (SSSR count). The van der Waals surface area contributed by atoms with Crippen molar-refractivity contribution in [2.24, 2.45) is 5.92 Å². The summed E-state index contributed by atoms with van der Waals surface area (Å²) in [7, 11) is 1.81. The van der Waals surface area contributed by atoms with Gasteiger partial charge in [0.05, 0.1) is 4.88 Å². The monoisotopic (exact) mass is 265 g/mol. The number of carbonyl (C=O) groups is 2. The summed E-state index contributed by atoms with van der Waals surface area (Å²) in [5.41, 5.74) is 0. The van der Waals surface area contributed by atoms with Crippen LogP contribution in [-0.4, -0.2) is 35.5 Å². The summed E-state index contributed by atoms with van der Waals surface area (Å²) in [5, 5.41) is 8.53. The van der Waals surface area contributed by atoms with E-state index in [1.165, 1.54) is 30.3 Å². The minimum atomic E-state index is -0.984. The highest BCUT2D eigenvalue weighted by Crippen LogP contribution is 2.30. The van der Waals surface area contributed by atoms with E-state index in [1.54, 1.807) is 17.0 Å². The zero-order chi connectivity index (χ0) is 13.1. The Hall–Kier alpha value is -1.62. The minimum Gasteiger partial charge on any atom is -0.478 e. The third-order valence-corrected chi connectivity index (χ3v) is 3.84. The maximum atomic E-state index is 12.1. The first-order valence-electron chi connectivity index (χ1n) is 5.82. The van der Waals surface area contributed by atoms with Crippen molar-refractivity contribution in [2.75, 3.05) is 13.6 Å². The molecule has 1 fully saturated rings. The molecule has 5 heteroatoms. The lowest BCUT2D eigenvalue weighted by molar-refractivity contribution is -0.131. The lowest BCUT2D eigenvalue weighted by atomic mass is 10.3. The van der Waals surface area contributed by atoms with E-state index in [1.807, 2.05) is 7.05 Å². The third kappa shape index (κ3) is 3.43. The van der Waals surface area contributed by atoms with Gasteiger partial charge in [-0.2, -0.15) is 0 Å². The molecule has 1 aromatic heterocycles. The molecule has 0 spiro atoms. The number of hydrogen-bond donors (Lipinski definition) is 1. The number of carbonyl (C=O) groups excluding carboxylic acids is 1. The lowest BCUT2D eigenvalue weighted by Crippen LogP contribution is -2.27. The fourth-order valence-electron chi connectivity index (χ4n) is 1.67. The third-order valence-electron chi connectivity index (χ3n) is 2.80. The lowest BCUT2D eigenvalue weighted by Gasteiger charge is -2.15. The molecule has 1 aliphatic rings. The van der Waals surface area contributed by atoms with Gasteiger partial charge in [0, 0.05) is 24.5 Å². The Labute approximate surface area is 110 Å². The van der Waals surface area contributed by atoms with Crippen LogP contribution < -0.4 is 0 Å². The second-order valence-corrected chi connectivity index (χ2v) is 5.62. The molecule has 1 aromatic rings. The van der Waals surface area contributed by atoms with E-state index >= 15 is 0 Å². The van der Waals surface area contributed by atoms with E-state index in [0.717, 1.165) is 17.5 Å². The average molecular weight is 265 g/mol. The predicted molar refractivity (Wildman–Crippen MR) is 70.7 cm³/mol. The zero-order valence-electron chi connectivity index (χ0n) is 10.1. The Bertz CT molecular complexity index is 488. The maximum absolute atomic E-state index is 12.1. The highest BCUT2D eigenvalue weighted by Gasteiger charge is 2.25. The van der Waals surface area contributed by atoms with Gasteiger partial charge in [-0.25, -0.2) is 4.79 Å². The maximum Gasteiger partial charge on any atom is 0.328 e. The van der Waals surface area contributed by atoms with Crippen LogP contribution in [0.5, 0.6) is 0 Å². The van der Waals surface area contributed by atoms with E-state index in [-0.39, 0.29) is 5.91 Å². The molecular weight excluding hydrogens is 250 g/mol. The molecule has 0 radical (unpaired) electrons. The van der Waals surface area contributed by atoms with Crippen molar-refractivity contribution in [3.8, 4) is 0 Å². The zero-order valence-corrected chi connectivity index (χ0v) is 10.9. The largest absolute Gasteiger partial charge is 0.478 e. The van der Waals surface area contributed by atoms with Gasteiger partial charge in [-0.05, 0) is 37.0 Å². The average Bonchev–Trinajstić information content (AvgIpc) is 3.01. The quantitative estimate of drug-likeness (QED) is 0.831. The summed E-state index contributed by atoms with van der Waals surface area (Å²) in [4.78, 5) is 25.6. The summed E-state index contributed by atoms with van der Waals surface area (Å²) in [6.07, 6.45) is 5.02. The molecule has 1 N–H and O–H groups in total. The van der Waals surface area contributed by atoms with Crippen LogP contribution in [0.1, 0.15) is 27.4 Å². The van der Waals surface area contributed by atoms with Crippen LogP contribution in [0.25, 0.3) is 6.08 Å². The van der Waals surface area contributed by atoms with Crippen LogP contribution in [0, 0.1) is 5.92 Å². The van der Waals surface area contributed by atoms with E-state index in [2.05, 4.69) is 0 Å². The highest BCUT2D eigenvalue weighted by molar-refractivity contribution is 7.14. The molecule has 0 unspecified atom stereocenters. The van der Waals surface area contributed by atoms with Gasteiger partial charge in [0.25, 0.3) is 5.91 Å². The first-order valence-corrected chi connectivity index (χ1v) is 6.64. The summed E-state index contributed by atoms with van der Waals surface area (Å²) in [6.45, 7) is 0.816. The first kappa shape index (κ1) is 12.8. The first-order chi connectivity index (χ1) is 8.56. The van der Waals surface area contributed by atoms with Crippen molar-refractivity contribution >= 4 is 29.3 Å². The second kappa shape index (κ2) is 5.35. The predicted octanol–water partition coefficient (Wildman–Crippen LogP) is 2.33. The number of thiophene rings is 1. The van der Waals surface area contributed by atoms with Crippen molar-refractivity contribution < 1.29 is 14.7 Å². The highest BCUT2D eigenvalue weighted by atomic mass is 32.1. The fraction of sp³-hybridized carbons (Fsp3) is 0.385. The van der Waals surface area contributed by atoms with Crippen molar-refractivity contribution in [2.45, 2.75) is 12.8 Å². The van der Waals surface area contributed by atoms with Gasteiger partial charge in [0.2, 0.25) is 0 Å². The number of hydrogen-bond acceptors (Lipinski definition) is 3. The van der Waals surface area contributed by atoms with Crippen LogP contribution in [0.4, 0.5) is 0 Å². The molecular formula is C13H15NO3S. The van der Waals surface area contributed by atoms with Crippen LogP contribution in [0.3, 0.4) is 0 Å². The molecule has 18 heavy (non-hydrogen) atoms. The molecule has 1 aliphatic carbocycles. The molecule has 1 saturated carbocycles. The smallest absolute Gasteiger partial charge is 0.328 e. The number of rotatable bonds is 5. The fourth-order valence-corrected chi connectivity index (χ4v) is 2.57. The molecule has 0 bridgehead atoms. The van der Waals surface area contributed by atoms with Gasteiger partial charge in [0.1, 0.15) is 0 Å². The van der Waals surface area contributed by atoms with E-state index in [0.29, 0.717) is 10.8 Å². The van der Waals surface area contributed by atoms with E-state index in [4.69, 9.17) is 5.11 Å². The Morgan fingerprint density at radius 2 is 2.22 bits per heavy atom. The normalized spacial score (nSPS) is 14.9. The Balaban J connectivity index is 1.99. The van der Waals surface area contributed by atoms with Crippen LogP contribution >= 0.6 is 11.3 Å². The Kier molecular flexibility index (Phi) is 3.81. The van der Waals surface area contributed by atoms with Gasteiger partial charge in [-0.3, -0.25) is 4.79 Å². The molecule has 0 atom stereocenters.